The number of benzene rings is 1. The molecule has 0 atom stereocenters. The van der Waals surface area contributed by atoms with Crippen LogP contribution in [0.1, 0.15) is 5.56 Å². The van der Waals surface area contributed by atoms with Gasteiger partial charge in [0, 0.05) is 19.4 Å². The first-order chi connectivity index (χ1) is 6.20. The van der Waals surface area contributed by atoms with Crippen molar-refractivity contribution in [1.29, 1.82) is 0 Å². The molecule has 13 heavy (non-hydrogen) atoms. The molecule has 0 fully saturated rings. The molecule has 0 aliphatic carbocycles. The Hall–Kier alpha value is -0.830. The third kappa shape index (κ3) is 7.53. The number of hydrogen-bond acceptors (Lipinski definition) is 1. The number of amides is 1. The smallest absolute Gasteiger partial charge is 0.209 e. The van der Waals surface area contributed by atoms with Crippen molar-refractivity contribution in [3.8, 4) is 0 Å². The Kier molecular flexibility index (Phi) is 7.30. The van der Waals surface area contributed by atoms with Crippen LogP contribution in [0.2, 0.25) is 0 Å². The molecule has 0 bridgehead atoms. The van der Waals surface area contributed by atoms with E-state index in [-0.39, 0.29) is 0 Å². The van der Waals surface area contributed by atoms with Crippen LogP contribution >= 0.6 is 15.9 Å². The quantitative estimate of drug-likeness (QED) is 0.577. The number of rotatable bonds is 2. The van der Waals surface area contributed by atoms with Gasteiger partial charge in [0.1, 0.15) is 0 Å². The van der Waals surface area contributed by atoms with Crippen LogP contribution in [0.25, 0.3) is 0 Å². The summed E-state index contributed by atoms with van der Waals surface area (Å²) in [6.07, 6.45) is 0.750. The average molecular weight is 244 g/mol. The Morgan fingerprint density at radius 2 is 1.77 bits per heavy atom. The van der Waals surface area contributed by atoms with E-state index < -0.39 is 0 Å². The second kappa shape index (κ2) is 7.80. The van der Waals surface area contributed by atoms with Crippen LogP contribution in [0.3, 0.4) is 0 Å². The van der Waals surface area contributed by atoms with Crippen LogP contribution in [0.15, 0.2) is 30.3 Å². The summed E-state index contributed by atoms with van der Waals surface area (Å²) in [5, 5.41) is 0.952. The van der Waals surface area contributed by atoms with Crippen molar-refractivity contribution in [2.75, 3.05) is 14.1 Å². The third-order valence-corrected chi connectivity index (χ3v) is 1.86. The summed E-state index contributed by atoms with van der Waals surface area (Å²) < 4.78 is 0. The first kappa shape index (κ1) is 12.2. The molecule has 1 aromatic carbocycles. The van der Waals surface area contributed by atoms with E-state index in [1.54, 1.807) is 14.1 Å². The molecule has 0 unspecified atom stereocenters. The zero-order valence-corrected chi connectivity index (χ0v) is 9.49. The van der Waals surface area contributed by atoms with Crippen LogP contribution in [0.4, 0.5) is 0 Å². The number of hydrogen-bond donors (Lipinski definition) is 0. The molecular formula is C10H14BrNO. The number of carbonyl (C=O) groups excluding carboxylic acids is 1. The van der Waals surface area contributed by atoms with Crippen molar-refractivity contribution in [2.45, 2.75) is 5.33 Å². The fourth-order valence-corrected chi connectivity index (χ4v) is 0.941. The van der Waals surface area contributed by atoms with E-state index in [1.807, 2.05) is 18.2 Å². The minimum Gasteiger partial charge on any atom is -0.351 e. The van der Waals surface area contributed by atoms with E-state index >= 15 is 0 Å². The molecule has 0 aliphatic rings. The van der Waals surface area contributed by atoms with Gasteiger partial charge in [0.25, 0.3) is 0 Å². The molecule has 1 rings (SSSR count). The van der Waals surface area contributed by atoms with Gasteiger partial charge in [0.15, 0.2) is 0 Å². The standard InChI is InChI=1S/C7H7Br.C3H7NO/c8-6-7-4-2-1-3-5-7;1-4(2)3-5/h1-5H,6H2;3H,1-2H3. The van der Waals surface area contributed by atoms with Gasteiger partial charge < -0.3 is 4.90 Å². The molecule has 0 aromatic heterocycles. The molecule has 0 radical (unpaired) electrons. The van der Waals surface area contributed by atoms with E-state index in [0.717, 1.165) is 11.7 Å². The van der Waals surface area contributed by atoms with Gasteiger partial charge >= 0.3 is 0 Å². The van der Waals surface area contributed by atoms with Gasteiger partial charge in [-0.1, -0.05) is 46.3 Å². The summed E-state index contributed by atoms with van der Waals surface area (Å²) in [6, 6.07) is 10.3. The summed E-state index contributed by atoms with van der Waals surface area (Å²) in [7, 11) is 3.38. The molecule has 1 amide bonds. The van der Waals surface area contributed by atoms with Crippen molar-refractivity contribution in [3.63, 3.8) is 0 Å². The normalized spacial score (nSPS) is 8.23. The molecule has 2 nitrogen and oxygen atoms in total. The monoisotopic (exact) mass is 243 g/mol. The minimum absolute atomic E-state index is 0.750. The fraction of sp³-hybridized carbons (Fsp3) is 0.300. The van der Waals surface area contributed by atoms with Crippen LogP contribution < -0.4 is 0 Å². The van der Waals surface area contributed by atoms with Gasteiger partial charge in [0.05, 0.1) is 0 Å². The molecule has 0 saturated carbocycles. The SMILES string of the molecule is BrCc1ccccc1.CN(C)C=O. The lowest BCUT2D eigenvalue weighted by molar-refractivity contribution is -0.115. The Labute approximate surface area is 87.7 Å². The summed E-state index contributed by atoms with van der Waals surface area (Å²) in [5.74, 6) is 0. The molecule has 0 saturated heterocycles. The molecule has 0 aliphatic heterocycles. The van der Waals surface area contributed by atoms with Gasteiger partial charge in [-0.2, -0.15) is 0 Å². The maximum absolute atomic E-state index is 9.43. The second-order valence-corrected chi connectivity index (χ2v) is 3.25. The molecular weight excluding hydrogens is 230 g/mol. The molecule has 0 spiro atoms. The molecule has 0 heterocycles. The Balaban J connectivity index is 0.000000252. The van der Waals surface area contributed by atoms with Crippen LogP contribution in [-0.2, 0) is 10.1 Å². The van der Waals surface area contributed by atoms with Crippen LogP contribution in [0.5, 0.6) is 0 Å². The van der Waals surface area contributed by atoms with Gasteiger partial charge in [0.2, 0.25) is 6.41 Å². The number of alkyl halides is 1. The summed E-state index contributed by atoms with van der Waals surface area (Å²) in [6.45, 7) is 0. The second-order valence-electron chi connectivity index (χ2n) is 2.69. The predicted molar refractivity (Wildman–Crippen MR) is 58.8 cm³/mol. The highest BCUT2D eigenvalue weighted by Crippen LogP contribution is 2.02. The molecule has 3 heteroatoms. The highest BCUT2D eigenvalue weighted by atomic mass is 79.9. The average Bonchev–Trinajstić information content (AvgIpc) is 2.20. The predicted octanol–water partition coefficient (Wildman–Crippen LogP) is 2.29. The Morgan fingerprint density at radius 3 is 2.00 bits per heavy atom. The van der Waals surface area contributed by atoms with E-state index in [4.69, 9.17) is 0 Å². The van der Waals surface area contributed by atoms with Crippen LogP contribution in [0, 0.1) is 0 Å². The highest BCUT2D eigenvalue weighted by Gasteiger charge is 1.81. The van der Waals surface area contributed by atoms with Gasteiger partial charge in [-0.15, -0.1) is 0 Å². The lowest BCUT2D eigenvalue weighted by Gasteiger charge is -1.93. The van der Waals surface area contributed by atoms with Crippen LogP contribution in [-0.4, -0.2) is 25.4 Å². The Morgan fingerprint density at radius 1 is 1.31 bits per heavy atom. The van der Waals surface area contributed by atoms with Gasteiger partial charge in [-0.3, -0.25) is 4.79 Å². The maximum Gasteiger partial charge on any atom is 0.209 e. The number of halogens is 1. The highest BCUT2D eigenvalue weighted by molar-refractivity contribution is 9.08. The zero-order chi connectivity index (χ0) is 10.1. The number of nitrogens with zero attached hydrogens (tertiary/aromatic N) is 1. The topological polar surface area (TPSA) is 20.3 Å². The van der Waals surface area contributed by atoms with E-state index in [2.05, 4.69) is 28.1 Å². The first-order valence-corrected chi connectivity index (χ1v) is 5.04. The Bertz CT molecular complexity index is 224. The lowest BCUT2D eigenvalue weighted by Crippen LogP contribution is -2.06. The van der Waals surface area contributed by atoms with Crippen molar-refractivity contribution in [1.82, 2.24) is 4.90 Å². The van der Waals surface area contributed by atoms with E-state index in [0.29, 0.717) is 0 Å². The summed E-state index contributed by atoms with van der Waals surface area (Å²) in [5.41, 5.74) is 1.33. The summed E-state index contributed by atoms with van der Waals surface area (Å²) in [4.78, 5) is 10.9. The van der Waals surface area contributed by atoms with Crippen molar-refractivity contribution in [2.24, 2.45) is 0 Å². The van der Waals surface area contributed by atoms with Crippen molar-refractivity contribution in [3.05, 3.63) is 35.9 Å². The van der Waals surface area contributed by atoms with E-state index in [1.165, 1.54) is 10.5 Å². The lowest BCUT2D eigenvalue weighted by atomic mass is 10.2. The summed E-state index contributed by atoms with van der Waals surface area (Å²) >= 11 is 3.36. The van der Waals surface area contributed by atoms with Gasteiger partial charge in [-0.05, 0) is 5.56 Å². The van der Waals surface area contributed by atoms with Gasteiger partial charge in [-0.25, -0.2) is 0 Å². The number of carbonyl (C=O) groups is 1. The zero-order valence-electron chi connectivity index (χ0n) is 7.90. The van der Waals surface area contributed by atoms with Crippen molar-refractivity contribution < 1.29 is 4.79 Å². The third-order valence-electron chi connectivity index (χ3n) is 1.21. The minimum atomic E-state index is 0.750. The maximum atomic E-state index is 9.43. The molecule has 0 N–H and O–H groups in total. The van der Waals surface area contributed by atoms with Crippen molar-refractivity contribution >= 4 is 22.3 Å². The molecule has 1 aromatic rings. The van der Waals surface area contributed by atoms with E-state index in [9.17, 15) is 4.79 Å². The fourth-order valence-electron chi connectivity index (χ4n) is 0.567. The molecule has 72 valence electrons. The first-order valence-electron chi connectivity index (χ1n) is 3.92. The largest absolute Gasteiger partial charge is 0.351 e.